The SMILES string of the molecule is CC(C)C(C)(C)CNS(=O)(=O)c1ccc(C(=O)O)s1. The van der Waals surface area contributed by atoms with Crippen LogP contribution in [0.5, 0.6) is 0 Å². The Morgan fingerprint density at radius 2 is 2.00 bits per heavy atom. The Morgan fingerprint density at radius 1 is 1.42 bits per heavy atom. The van der Waals surface area contributed by atoms with Crippen molar-refractivity contribution in [2.75, 3.05) is 6.54 Å². The van der Waals surface area contributed by atoms with E-state index in [2.05, 4.69) is 4.72 Å². The summed E-state index contributed by atoms with van der Waals surface area (Å²) in [4.78, 5) is 10.8. The molecule has 0 fully saturated rings. The van der Waals surface area contributed by atoms with Gasteiger partial charge in [-0.05, 0) is 23.5 Å². The second-order valence-electron chi connectivity index (χ2n) is 5.39. The minimum Gasteiger partial charge on any atom is -0.477 e. The monoisotopic (exact) mass is 305 g/mol. The van der Waals surface area contributed by atoms with Gasteiger partial charge in [0.25, 0.3) is 0 Å². The summed E-state index contributed by atoms with van der Waals surface area (Å²) in [7, 11) is -3.63. The van der Waals surface area contributed by atoms with Gasteiger partial charge in [-0.1, -0.05) is 27.7 Å². The Labute approximate surface area is 117 Å². The number of rotatable bonds is 6. The van der Waals surface area contributed by atoms with Crippen LogP contribution in [0.15, 0.2) is 16.3 Å². The Bertz CT molecular complexity index is 558. The molecule has 0 saturated heterocycles. The molecule has 108 valence electrons. The van der Waals surface area contributed by atoms with Crippen LogP contribution in [0.2, 0.25) is 0 Å². The van der Waals surface area contributed by atoms with E-state index in [1.54, 1.807) is 0 Å². The topological polar surface area (TPSA) is 83.5 Å². The fourth-order valence-electron chi connectivity index (χ4n) is 1.14. The fourth-order valence-corrected chi connectivity index (χ4v) is 3.55. The van der Waals surface area contributed by atoms with E-state index in [0.717, 1.165) is 11.3 Å². The van der Waals surface area contributed by atoms with Crippen LogP contribution in [0, 0.1) is 11.3 Å². The highest BCUT2D eigenvalue weighted by atomic mass is 32.2. The highest BCUT2D eigenvalue weighted by molar-refractivity contribution is 7.91. The quantitative estimate of drug-likeness (QED) is 0.845. The molecule has 0 aliphatic carbocycles. The van der Waals surface area contributed by atoms with Crippen LogP contribution in [0.4, 0.5) is 0 Å². The third-order valence-electron chi connectivity index (χ3n) is 3.34. The highest BCUT2D eigenvalue weighted by Gasteiger charge is 2.26. The minimum atomic E-state index is -3.63. The number of thiophene rings is 1. The average molecular weight is 305 g/mol. The number of carboxylic acids is 1. The Hall–Kier alpha value is -0.920. The number of nitrogens with one attached hydrogen (secondary N) is 1. The largest absolute Gasteiger partial charge is 0.477 e. The highest BCUT2D eigenvalue weighted by Crippen LogP contribution is 2.26. The van der Waals surface area contributed by atoms with Crippen molar-refractivity contribution in [3.8, 4) is 0 Å². The van der Waals surface area contributed by atoms with Crippen LogP contribution >= 0.6 is 11.3 Å². The molecule has 1 aromatic rings. The number of carboxylic acid groups (broad SMARTS) is 1. The average Bonchev–Trinajstić information content (AvgIpc) is 2.76. The zero-order chi connectivity index (χ0) is 14.8. The van der Waals surface area contributed by atoms with Crippen LogP contribution < -0.4 is 4.72 Å². The van der Waals surface area contributed by atoms with Crippen molar-refractivity contribution < 1.29 is 18.3 Å². The molecule has 1 heterocycles. The van der Waals surface area contributed by atoms with Crippen molar-refractivity contribution in [1.82, 2.24) is 4.72 Å². The molecule has 0 aliphatic rings. The molecule has 5 nitrogen and oxygen atoms in total. The van der Waals surface area contributed by atoms with Crippen molar-refractivity contribution in [2.24, 2.45) is 11.3 Å². The number of sulfonamides is 1. The van der Waals surface area contributed by atoms with Gasteiger partial charge in [0.2, 0.25) is 10.0 Å². The molecule has 0 saturated carbocycles. The van der Waals surface area contributed by atoms with Crippen LogP contribution in [0.1, 0.15) is 37.4 Å². The third kappa shape index (κ3) is 4.02. The van der Waals surface area contributed by atoms with E-state index in [0.29, 0.717) is 12.5 Å². The molecular weight excluding hydrogens is 286 g/mol. The van der Waals surface area contributed by atoms with Gasteiger partial charge < -0.3 is 5.11 Å². The number of hydrogen-bond acceptors (Lipinski definition) is 4. The van der Waals surface area contributed by atoms with E-state index in [9.17, 15) is 13.2 Å². The van der Waals surface area contributed by atoms with Crippen molar-refractivity contribution in [2.45, 2.75) is 31.9 Å². The molecule has 7 heteroatoms. The Balaban J connectivity index is 2.84. The molecule has 2 N–H and O–H groups in total. The molecular formula is C12H19NO4S2. The lowest BCUT2D eigenvalue weighted by molar-refractivity contribution is 0.0702. The van der Waals surface area contributed by atoms with Crippen LogP contribution in [0.25, 0.3) is 0 Å². The molecule has 0 bridgehead atoms. The lowest BCUT2D eigenvalue weighted by Crippen LogP contribution is -2.36. The maximum atomic E-state index is 12.0. The van der Waals surface area contributed by atoms with E-state index in [4.69, 9.17) is 5.11 Å². The fraction of sp³-hybridized carbons (Fsp3) is 0.583. The summed E-state index contributed by atoms with van der Waals surface area (Å²) < 4.78 is 26.7. The molecule has 0 spiro atoms. The number of aromatic carboxylic acids is 1. The normalized spacial score (nSPS) is 12.9. The van der Waals surface area contributed by atoms with Gasteiger partial charge in [-0.15, -0.1) is 11.3 Å². The first-order chi connectivity index (χ1) is 8.56. The van der Waals surface area contributed by atoms with Crippen LogP contribution in [0.3, 0.4) is 0 Å². The predicted octanol–water partition coefficient (Wildman–Crippen LogP) is 2.41. The van der Waals surface area contributed by atoms with Gasteiger partial charge in [-0.2, -0.15) is 0 Å². The van der Waals surface area contributed by atoms with Crippen molar-refractivity contribution in [1.29, 1.82) is 0 Å². The zero-order valence-corrected chi connectivity index (χ0v) is 13.1. The number of hydrogen-bond donors (Lipinski definition) is 2. The molecule has 0 amide bonds. The van der Waals surface area contributed by atoms with E-state index in [-0.39, 0.29) is 14.5 Å². The van der Waals surface area contributed by atoms with Crippen molar-refractivity contribution in [3.63, 3.8) is 0 Å². The molecule has 0 aromatic carbocycles. The van der Waals surface area contributed by atoms with E-state index >= 15 is 0 Å². The van der Waals surface area contributed by atoms with Crippen LogP contribution in [-0.2, 0) is 10.0 Å². The number of carbonyl (C=O) groups is 1. The molecule has 0 atom stereocenters. The lowest BCUT2D eigenvalue weighted by atomic mass is 9.81. The summed E-state index contributed by atoms with van der Waals surface area (Å²) >= 11 is 0.757. The van der Waals surface area contributed by atoms with Gasteiger partial charge in [0.05, 0.1) is 0 Å². The summed E-state index contributed by atoms with van der Waals surface area (Å²) in [5.41, 5.74) is -0.167. The summed E-state index contributed by atoms with van der Waals surface area (Å²) in [6, 6.07) is 2.62. The molecule has 0 unspecified atom stereocenters. The summed E-state index contributed by atoms with van der Waals surface area (Å²) in [5.74, 6) is -0.790. The Kier molecular flexibility index (Phi) is 4.76. The van der Waals surface area contributed by atoms with Crippen molar-refractivity contribution >= 4 is 27.3 Å². The minimum absolute atomic E-state index is 0.0171. The summed E-state index contributed by atoms with van der Waals surface area (Å²) in [6.07, 6.45) is 0. The molecule has 0 aliphatic heterocycles. The first kappa shape index (κ1) is 16.1. The standard InChI is InChI=1S/C12H19NO4S2/c1-8(2)12(3,4)7-13-19(16,17)10-6-5-9(18-10)11(14)15/h5-6,8,13H,7H2,1-4H3,(H,14,15). The van der Waals surface area contributed by atoms with E-state index in [1.807, 2.05) is 27.7 Å². The molecule has 19 heavy (non-hydrogen) atoms. The first-order valence-electron chi connectivity index (χ1n) is 5.89. The molecule has 1 aromatic heterocycles. The summed E-state index contributed by atoms with van der Waals surface area (Å²) in [5, 5.41) is 8.79. The zero-order valence-electron chi connectivity index (χ0n) is 11.4. The second kappa shape index (κ2) is 5.60. The summed E-state index contributed by atoms with van der Waals surface area (Å²) in [6.45, 7) is 8.34. The van der Waals surface area contributed by atoms with E-state index in [1.165, 1.54) is 12.1 Å². The smallest absolute Gasteiger partial charge is 0.345 e. The first-order valence-corrected chi connectivity index (χ1v) is 8.19. The van der Waals surface area contributed by atoms with Gasteiger partial charge in [-0.25, -0.2) is 17.9 Å². The van der Waals surface area contributed by atoms with Gasteiger partial charge in [0, 0.05) is 6.54 Å². The lowest BCUT2D eigenvalue weighted by Gasteiger charge is -2.29. The van der Waals surface area contributed by atoms with Crippen LogP contribution in [-0.4, -0.2) is 26.0 Å². The van der Waals surface area contributed by atoms with Gasteiger partial charge in [0.1, 0.15) is 9.09 Å². The van der Waals surface area contributed by atoms with Gasteiger partial charge in [-0.3, -0.25) is 0 Å². The predicted molar refractivity (Wildman–Crippen MR) is 75.1 cm³/mol. The maximum absolute atomic E-state index is 12.0. The molecule has 1 rings (SSSR count). The second-order valence-corrected chi connectivity index (χ2v) is 8.47. The van der Waals surface area contributed by atoms with Gasteiger partial charge in [0.15, 0.2) is 0 Å². The van der Waals surface area contributed by atoms with Crippen molar-refractivity contribution in [3.05, 3.63) is 17.0 Å². The molecule has 0 radical (unpaired) electrons. The van der Waals surface area contributed by atoms with Gasteiger partial charge >= 0.3 is 5.97 Å². The maximum Gasteiger partial charge on any atom is 0.345 e. The Morgan fingerprint density at radius 3 is 2.42 bits per heavy atom. The van der Waals surface area contributed by atoms with E-state index < -0.39 is 16.0 Å². The third-order valence-corrected chi connectivity index (χ3v) is 6.30.